The number of fused-ring (bicyclic) bond motifs is 1. The molecule has 0 radical (unpaired) electrons. The molecule has 3 rings (SSSR count). The highest BCUT2D eigenvalue weighted by atomic mass is 32.1. The summed E-state index contributed by atoms with van der Waals surface area (Å²) in [4.78, 5) is 17.2. The summed E-state index contributed by atoms with van der Waals surface area (Å²) < 4.78 is 6.25. The molecule has 0 spiro atoms. The summed E-state index contributed by atoms with van der Waals surface area (Å²) in [6.45, 7) is 5.81. The molecule has 24 heavy (non-hydrogen) atoms. The van der Waals surface area contributed by atoms with Gasteiger partial charge in [-0.05, 0) is 56.7 Å². The number of nitrogens with one attached hydrogen (secondary N) is 1. The number of aromatic nitrogens is 1. The minimum atomic E-state index is -0.648. The lowest BCUT2D eigenvalue weighted by molar-refractivity contribution is -0.120. The number of anilines is 1. The zero-order chi connectivity index (χ0) is 17.3. The molecule has 3 aromatic rings. The average molecular weight is 340 g/mol. The van der Waals surface area contributed by atoms with Crippen LogP contribution in [0.2, 0.25) is 0 Å². The number of carbonyl (C=O) groups is 1. The van der Waals surface area contributed by atoms with Gasteiger partial charge >= 0.3 is 0 Å². The Balaban J connectivity index is 1.82. The van der Waals surface area contributed by atoms with Crippen molar-refractivity contribution in [3.63, 3.8) is 0 Å². The zero-order valence-corrected chi connectivity index (χ0v) is 15.0. The molecule has 0 unspecified atom stereocenters. The van der Waals surface area contributed by atoms with E-state index in [2.05, 4.69) is 10.3 Å². The zero-order valence-electron chi connectivity index (χ0n) is 14.2. The molecule has 0 saturated heterocycles. The van der Waals surface area contributed by atoms with E-state index in [0.717, 1.165) is 32.2 Å². The van der Waals surface area contributed by atoms with Crippen molar-refractivity contribution in [3.8, 4) is 5.75 Å². The molecule has 124 valence electrons. The normalized spacial score (nSPS) is 11.5. The Morgan fingerprint density at radius 1 is 1.17 bits per heavy atom. The van der Waals surface area contributed by atoms with Crippen LogP contribution in [-0.2, 0) is 10.2 Å². The van der Waals surface area contributed by atoms with Crippen molar-refractivity contribution in [1.82, 2.24) is 4.98 Å². The van der Waals surface area contributed by atoms with Crippen LogP contribution in [0.15, 0.2) is 42.5 Å². The number of benzene rings is 2. The average Bonchev–Trinajstić information content (AvgIpc) is 2.94. The molecule has 5 heteroatoms. The SMILES string of the molecule is COc1ccc(C(C)(C)C(=O)Nc2ccc3nc(C)sc3c2)cc1. The van der Waals surface area contributed by atoms with Gasteiger partial charge in [-0.15, -0.1) is 11.3 Å². The van der Waals surface area contributed by atoms with Crippen molar-refractivity contribution in [1.29, 1.82) is 0 Å². The first-order chi connectivity index (χ1) is 11.4. The molecule has 0 aliphatic heterocycles. The summed E-state index contributed by atoms with van der Waals surface area (Å²) in [6, 6.07) is 13.4. The fourth-order valence-electron chi connectivity index (χ4n) is 2.54. The molecule has 1 aromatic heterocycles. The topological polar surface area (TPSA) is 51.2 Å². The summed E-state index contributed by atoms with van der Waals surface area (Å²) in [6.07, 6.45) is 0. The van der Waals surface area contributed by atoms with Crippen LogP contribution in [0, 0.1) is 6.92 Å². The standard InChI is InChI=1S/C19H20N2O2S/c1-12-20-16-10-7-14(11-17(16)24-12)21-18(22)19(2,3)13-5-8-15(23-4)9-6-13/h5-11H,1-4H3,(H,21,22). The van der Waals surface area contributed by atoms with Crippen LogP contribution in [0.25, 0.3) is 10.2 Å². The van der Waals surface area contributed by atoms with E-state index in [1.807, 2.05) is 63.2 Å². The molecule has 0 atom stereocenters. The van der Waals surface area contributed by atoms with Crippen LogP contribution in [0.3, 0.4) is 0 Å². The fraction of sp³-hybridized carbons (Fsp3) is 0.263. The molecule has 1 heterocycles. The van der Waals surface area contributed by atoms with Crippen molar-refractivity contribution < 1.29 is 9.53 Å². The third-order valence-electron chi connectivity index (χ3n) is 4.13. The van der Waals surface area contributed by atoms with Gasteiger partial charge in [0.25, 0.3) is 0 Å². The maximum absolute atomic E-state index is 12.8. The highest BCUT2D eigenvalue weighted by Crippen LogP contribution is 2.29. The van der Waals surface area contributed by atoms with Crippen molar-refractivity contribution in [2.24, 2.45) is 0 Å². The van der Waals surface area contributed by atoms with Crippen LogP contribution in [0.4, 0.5) is 5.69 Å². The van der Waals surface area contributed by atoms with E-state index >= 15 is 0 Å². The van der Waals surface area contributed by atoms with Gasteiger partial charge in [-0.25, -0.2) is 4.98 Å². The summed E-state index contributed by atoms with van der Waals surface area (Å²) >= 11 is 1.63. The van der Waals surface area contributed by atoms with E-state index < -0.39 is 5.41 Å². The first-order valence-corrected chi connectivity index (χ1v) is 8.55. The first-order valence-electron chi connectivity index (χ1n) is 7.73. The Bertz CT molecular complexity index is 882. The molecule has 0 aliphatic rings. The molecule has 0 saturated carbocycles. The van der Waals surface area contributed by atoms with Gasteiger partial charge in [0.2, 0.25) is 5.91 Å². The molecule has 1 amide bonds. The van der Waals surface area contributed by atoms with E-state index in [1.165, 1.54) is 0 Å². The second-order valence-corrected chi connectivity index (χ2v) is 7.46. The van der Waals surface area contributed by atoms with Gasteiger partial charge in [0, 0.05) is 5.69 Å². The van der Waals surface area contributed by atoms with E-state index in [-0.39, 0.29) is 5.91 Å². The van der Waals surface area contributed by atoms with Gasteiger partial charge < -0.3 is 10.1 Å². The lowest BCUT2D eigenvalue weighted by Crippen LogP contribution is -2.34. The number of nitrogens with zero attached hydrogens (tertiary/aromatic N) is 1. The Labute approximate surface area is 145 Å². The maximum atomic E-state index is 12.8. The van der Waals surface area contributed by atoms with Gasteiger partial charge in [-0.3, -0.25) is 4.79 Å². The van der Waals surface area contributed by atoms with Gasteiger partial charge in [0.1, 0.15) is 5.75 Å². The number of hydrogen-bond donors (Lipinski definition) is 1. The van der Waals surface area contributed by atoms with Crippen LogP contribution >= 0.6 is 11.3 Å². The molecule has 0 bridgehead atoms. The van der Waals surface area contributed by atoms with Crippen LogP contribution < -0.4 is 10.1 Å². The predicted molar refractivity (Wildman–Crippen MR) is 99.0 cm³/mol. The van der Waals surface area contributed by atoms with Gasteiger partial charge in [0.05, 0.1) is 27.7 Å². The van der Waals surface area contributed by atoms with Crippen molar-refractivity contribution in [3.05, 3.63) is 53.0 Å². The first kappa shape index (κ1) is 16.5. The number of ether oxygens (including phenoxy) is 1. The number of rotatable bonds is 4. The molecular formula is C19H20N2O2S. The highest BCUT2D eigenvalue weighted by Gasteiger charge is 2.30. The minimum absolute atomic E-state index is 0.0479. The fourth-order valence-corrected chi connectivity index (χ4v) is 3.41. The van der Waals surface area contributed by atoms with Crippen LogP contribution in [-0.4, -0.2) is 18.0 Å². The lowest BCUT2D eigenvalue weighted by Gasteiger charge is -2.24. The van der Waals surface area contributed by atoms with Crippen molar-refractivity contribution in [2.45, 2.75) is 26.2 Å². The Kier molecular flexibility index (Phi) is 4.28. The number of hydrogen-bond acceptors (Lipinski definition) is 4. The molecule has 0 fully saturated rings. The third-order valence-corrected chi connectivity index (χ3v) is 5.07. The quantitative estimate of drug-likeness (QED) is 0.759. The van der Waals surface area contributed by atoms with Gasteiger partial charge in [0.15, 0.2) is 0 Å². The Hall–Kier alpha value is -2.40. The maximum Gasteiger partial charge on any atom is 0.234 e. The molecule has 2 aromatic carbocycles. The number of thiazole rings is 1. The van der Waals surface area contributed by atoms with E-state index in [9.17, 15) is 4.79 Å². The predicted octanol–water partition coefficient (Wildman–Crippen LogP) is 4.53. The number of amides is 1. The third kappa shape index (κ3) is 3.12. The highest BCUT2D eigenvalue weighted by molar-refractivity contribution is 7.18. The number of carbonyl (C=O) groups excluding carboxylic acids is 1. The summed E-state index contributed by atoms with van der Waals surface area (Å²) in [7, 11) is 1.63. The van der Waals surface area contributed by atoms with Crippen LogP contribution in [0.1, 0.15) is 24.4 Å². The minimum Gasteiger partial charge on any atom is -0.497 e. The molecule has 4 nitrogen and oxygen atoms in total. The monoisotopic (exact) mass is 340 g/mol. The second-order valence-electron chi connectivity index (χ2n) is 6.22. The second kappa shape index (κ2) is 6.24. The van der Waals surface area contributed by atoms with Crippen LogP contribution in [0.5, 0.6) is 5.75 Å². The molecule has 0 aliphatic carbocycles. The smallest absolute Gasteiger partial charge is 0.234 e. The lowest BCUT2D eigenvalue weighted by atomic mass is 9.83. The largest absolute Gasteiger partial charge is 0.497 e. The van der Waals surface area contributed by atoms with E-state index in [0.29, 0.717) is 0 Å². The van der Waals surface area contributed by atoms with Gasteiger partial charge in [-0.1, -0.05) is 12.1 Å². The number of aryl methyl sites for hydroxylation is 1. The summed E-state index contributed by atoms with van der Waals surface area (Å²) in [5, 5.41) is 4.04. The van der Waals surface area contributed by atoms with E-state index in [4.69, 9.17) is 4.74 Å². The number of methoxy groups -OCH3 is 1. The van der Waals surface area contributed by atoms with E-state index in [1.54, 1.807) is 18.4 Å². The van der Waals surface area contributed by atoms with Gasteiger partial charge in [-0.2, -0.15) is 0 Å². The Morgan fingerprint density at radius 2 is 1.88 bits per heavy atom. The molecular weight excluding hydrogens is 320 g/mol. The summed E-state index contributed by atoms with van der Waals surface area (Å²) in [5.41, 5.74) is 2.04. The summed E-state index contributed by atoms with van der Waals surface area (Å²) in [5.74, 6) is 0.731. The Morgan fingerprint density at radius 3 is 2.54 bits per heavy atom. The van der Waals surface area contributed by atoms with Crippen molar-refractivity contribution >= 4 is 33.1 Å². The van der Waals surface area contributed by atoms with Crippen molar-refractivity contribution in [2.75, 3.05) is 12.4 Å². The molecule has 1 N–H and O–H groups in total.